The van der Waals surface area contributed by atoms with Crippen molar-refractivity contribution in [2.45, 2.75) is 26.8 Å². The molecule has 0 amide bonds. The zero-order chi connectivity index (χ0) is 14.6. The smallest absolute Gasteiger partial charge is 0.281 e. The fraction of sp³-hybridized carbons (Fsp3) is 0.818. The van der Waals surface area contributed by atoms with E-state index >= 15 is 0 Å². The minimum absolute atomic E-state index is 0.227. The summed E-state index contributed by atoms with van der Waals surface area (Å²) < 4.78 is 26.2. The number of hydrogen-bond acceptors (Lipinski definition) is 4. The molecule has 0 aliphatic carbocycles. The summed E-state index contributed by atoms with van der Waals surface area (Å²) in [5.41, 5.74) is -0.227. The molecule has 0 bridgehead atoms. The molecule has 0 rings (SSSR count). The molecule has 18 heavy (non-hydrogen) atoms. The molecule has 106 valence electrons. The maximum absolute atomic E-state index is 11.9. The molecule has 0 aromatic rings. The normalized spacial score (nSPS) is 15.6. The van der Waals surface area contributed by atoms with Crippen molar-refractivity contribution in [1.29, 1.82) is 0 Å². The molecule has 0 spiro atoms. The van der Waals surface area contributed by atoms with Crippen LogP contribution in [0.25, 0.3) is 0 Å². The summed E-state index contributed by atoms with van der Waals surface area (Å²) in [5.74, 6) is 0. The number of hydrogen-bond donors (Lipinski definition) is 0. The van der Waals surface area contributed by atoms with Crippen LogP contribution in [-0.4, -0.2) is 63.3 Å². The summed E-state index contributed by atoms with van der Waals surface area (Å²) in [4.78, 5) is 14.4. The van der Waals surface area contributed by atoms with Gasteiger partial charge in [-0.15, -0.1) is 0 Å². The third kappa shape index (κ3) is 4.83. The Balaban J connectivity index is 5.02. The highest BCUT2D eigenvalue weighted by atomic mass is 32.2. The fourth-order valence-corrected chi connectivity index (χ4v) is 2.19. The molecular weight excluding hydrogens is 254 g/mol. The lowest BCUT2D eigenvalue weighted by molar-refractivity contribution is -0.102. The minimum Gasteiger partial charge on any atom is -0.297 e. The van der Waals surface area contributed by atoms with Crippen molar-refractivity contribution >= 4 is 22.7 Å². The standard InChI is InChI=1S/C11H23N3O3S/c1-11(2,3)10(12-7-8-15)9-14(6)18(16,17)13(4)5/h7-8,10H,9H2,1-6H3/t10-/m1/s1. The number of aliphatic imine (C=N–C) groups is 1. The van der Waals surface area contributed by atoms with Crippen LogP contribution in [0.1, 0.15) is 20.8 Å². The molecule has 0 fully saturated rings. The van der Waals surface area contributed by atoms with Gasteiger partial charge in [-0.25, -0.2) is 0 Å². The van der Waals surface area contributed by atoms with E-state index in [2.05, 4.69) is 4.99 Å². The van der Waals surface area contributed by atoms with E-state index in [-0.39, 0.29) is 18.0 Å². The van der Waals surface area contributed by atoms with Crippen LogP contribution < -0.4 is 0 Å². The fourth-order valence-electron chi connectivity index (χ4n) is 1.30. The highest BCUT2D eigenvalue weighted by molar-refractivity contribution is 7.86. The van der Waals surface area contributed by atoms with E-state index in [0.717, 1.165) is 4.31 Å². The topological polar surface area (TPSA) is 70.1 Å². The van der Waals surface area contributed by atoms with Crippen molar-refractivity contribution in [3.63, 3.8) is 0 Å². The molecule has 0 aliphatic heterocycles. The largest absolute Gasteiger partial charge is 0.297 e. The first-order valence-corrected chi connectivity index (χ1v) is 7.04. The van der Waals surface area contributed by atoms with E-state index in [0.29, 0.717) is 6.29 Å². The third-order valence-electron chi connectivity index (χ3n) is 2.61. The Hall–Kier alpha value is -0.790. The molecule has 0 N–H and O–H groups in total. The Morgan fingerprint density at radius 3 is 2.06 bits per heavy atom. The first-order chi connectivity index (χ1) is 8.03. The van der Waals surface area contributed by atoms with Gasteiger partial charge in [-0.1, -0.05) is 20.8 Å². The second-order valence-corrected chi connectivity index (χ2v) is 7.64. The predicted molar refractivity (Wildman–Crippen MR) is 73.0 cm³/mol. The van der Waals surface area contributed by atoms with Crippen molar-refractivity contribution in [2.24, 2.45) is 10.4 Å². The van der Waals surface area contributed by atoms with E-state index in [1.165, 1.54) is 31.7 Å². The van der Waals surface area contributed by atoms with Gasteiger partial charge in [0.15, 0.2) is 6.29 Å². The molecule has 6 nitrogen and oxygen atoms in total. The summed E-state index contributed by atoms with van der Waals surface area (Å²) in [6.07, 6.45) is 1.77. The van der Waals surface area contributed by atoms with Gasteiger partial charge in [0.25, 0.3) is 10.2 Å². The van der Waals surface area contributed by atoms with E-state index in [4.69, 9.17) is 0 Å². The van der Waals surface area contributed by atoms with Crippen molar-refractivity contribution in [3.8, 4) is 0 Å². The Morgan fingerprint density at radius 2 is 1.72 bits per heavy atom. The molecule has 0 saturated heterocycles. The summed E-state index contributed by atoms with van der Waals surface area (Å²) in [5, 5.41) is 0. The van der Waals surface area contributed by atoms with E-state index < -0.39 is 10.2 Å². The second kappa shape index (κ2) is 6.40. The highest BCUT2D eigenvalue weighted by Gasteiger charge is 2.29. The summed E-state index contributed by atoms with van der Waals surface area (Å²) in [7, 11) is 1.01. The van der Waals surface area contributed by atoms with Crippen LogP contribution in [0.4, 0.5) is 0 Å². The number of carbonyl (C=O) groups is 1. The van der Waals surface area contributed by atoms with Gasteiger partial charge in [-0.05, 0) is 5.41 Å². The Morgan fingerprint density at radius 1 is 1.22 bits per heavy atom. The average molecular weight is 277 g/mol. The monoisotopic (exact) mass is 277 g/mol. The van der Waals surface area contributed by atoms with Gasteiger partial charge >= 0.3 is 0 Å². The molecule has 0 unspecified atom stereocenters. The number of aldehydes is 1. The lowest BCUT2D eigenvalue weighted by Crippen LogP contribution is -2.44. The molecule has 0 aliphatic rings. The van der Waals surface area contributed by atoms with Crippen molar-refractivity contribution < 1.29 is 13.2 Å². The van der Waals surface area contributed by atoms with E-state index in [1.807, 2.05) is 20.8 Å². The van der Waals surface area contributed by atoms with Crippen LogP contribution in [0.3, 0.4) is 0 Å². The van der Waals surface area contributed by atoms with Gasteiger partial charge in [0, 0.05) is 27.7 Å². The second-order valence-electron chi connectivity index (χ2n) is 5.39. The van der Waals surface area contributed by atoms with E-state index in [9.17, 15) is 13.2 Å². The van der Waals surface area contributed by atoms with Crippen LogP contribution in [0, 0.1) is 5.41 Å². The average Bonchev–Trinajstić information content (AvgIpc) is 2.21. The number of carbonyl (C=O) groups excluding carboxylic acids is 1. The summed E-state index contributed by atoms with van der Waals surface area (Å²) in [6, 6.07) is -0.276. The minimum atomic E-state index is -3.45. The molecule has 1 atom stereocenters. The Bertz CT molecular complexity index is 396. The van der Waals surface area contributed by atoms with Gasteiger partial charge in [0.2, 0.25) is 0 Å². The van der Waals surface area contributed by atoms with Gasteiger partial charge in [-0.3, -0.25) is 9.79 Å². The maximum atomic E-state index is 11.9. The zero-order valence-electron chi connectivity index (χ0n) is 11.9. The highest BCUT2D eigenvalue weighted by Crippen LogP contribution is 2.23. The van der Waals surface area contributed by atoms with Crippen LogP contribution in [0.15, 0.2) is 4.99 Å². The molecule has 0 aromatic carbocycles. The molecule has 0 heterocycles. The van der Waals surface area contributed by atoms with Crippen LogP contribution in [0.5, 0.6) is 0 Å². The van der Waals surface area contributed by atoms with Gasteiger partial charge in [-0.2, -0.15) is 17.0 Å². The predicted octanol–water partition coefficient (Wildman–Crippen LogP) is 0.409. The maximum Gasteiger partial charge on any atom is 0.281 e. The van der Waals surface area contributed by atoms with Crippen molar-refractivity contribution in [1.82, 2.24) is 8.61 Å². The third-order valence-corrected chi connectivity index (χ3v) is 4.47. The lowest BCUT2D eigenvalue weighted by atomic mass is 9.87. The van der Waals surface area contributed by atoms with Crippen molar-refractivity contribution in [3.05, 3.63) is 0 Å². The van der Waals surface area contributed by atoms with Gasteiger partial charge in [0.05, 0.1) is 12.3 Å². The zero-order valence-corrected chi connectivity index (χ0v) is 12.7. The Labute approximate surface area is 110 Å². The Kier molecular flexibility index (Phi) is 6.12. The molecule has 0 radical (unpaired) electrons. The number of rotatable bonds is 6. The molecule has 0 saturated carbocycles. The number of nitrogens with zero attached hydrogens (tertiary/aromatic N) is 3. The first-order valence-electron chi connectivity index (χ1n) is 5.64. The van der Waals surface area contributed by atoms with Crippen LogP contribution >= 0.6 is 0 Å². The molecule has 7 heteroatoms. The van der Waals surface area contributed by atoms with Crippen LogP contribution in [-0.2, 0) is 15.0 Å². The first kappa shape index (κ1) is 17.2. The SMILES string of the molecule is CN(C)S(=O)(=O)N(C)C[C@@H](N=CC=O)C(C)(C)C. The van der Waals surface area contributed by atoms with Gasteiger partial charge in [0.1, 0.15) is 0 Å². The molecular formula is C11H23N3O3S. The van der Waals surface area contributed by atoms with E-state index in [1.54, 1.807) is 0 Å². The summed E-state index contributed by atoms with van der Waals surface area (Å²) >= 11 is 0. The quantitative estimate of drug-likeness (QED) is 0.521. The van der Waals surface area contributed by atoms with Crippen molar-refractivity contribution in [2.75, 3.05) is 27.7 Å². The van der Waals surface area contributed by atoms with Gasteiger partial charge < -0.3 is 0 Å². The number of likely N-dealkylation sites (N-methyl/N-ethyl adjacent to an activating group) is 1. The molecule has 0 aromatic heterocycles. The summed E-state index contributed by atoms with van der Waals surface area (Å²) in [6.45, 7) is 6.09. The lowest BCUT2D eigenvalue weighted by Gasteiger charge is -2.31. The van der Waals surface area contributed by atoms with Crippen LogP contribution in [0.2, 0.25) is 0 Å².